The van der Waals surface area contributed by atoms with E-state index in [9.17, 15) is 34.2 Å². The highest BCUT2D eigenvalue weighted by atomic mass is 35.5. The van der Waals surface area contributed by atoms with E-state index in [-0.39, 0.29) is 53.0 Å². The Kier molecular flexibility index (Phi) is 11.2. The Hall–Kier alpha value is -5.71. The summed E-state index contributed by atoms with van der Waals surface area (Å²) in [5, 5.41) is 38.2. The smallest absolute Gasteiger partial charge is 0.337 e. The topological polar surface area (TPSA) is 212 Å². The minimum absolute atomic E-state index is 0.00567. The number of aromatic carboxylic acids is 1. The molecule has 0 bridgehead atoms. The van der Waals surface area contributed by atoms with Gasteiger partial charge in [0, 0.05) is 36.3 Å². The fourth-order valence-corrected chi connectivity index (χ4v) is 6.61. The first kappa shape index (κ1) is 36.1. The highest BCUT2D eigenvalue weighted by Gasteiger charge is 2.32. The van der Waals surface area contributed by atoms with Gasteiger partial charge < -0.3 is 31.1 Å². The zero-order chi connectivity index (χ0) is 36.8. The van der Waals surface area contributed by atoms with E-state index < -0.39 is 29.7 Å². The van der Waals surface area contributed by atoms with Crippen LogP contribution in [0.15, 0.2) is 73.1 Å². The molecule has 1 saturated carbocycles. The summed E-state index contributed by atoms with van der Waals surface area (Å²) in [6.45, 7) is 1.48. The lowest BCUT2D eigenvalue weighted by atomic mass is 9.91. The van der Waals surface area contributed by atoms with Crippen LogP contribution in [0.3, 0.4) is 0 Å². The number of hydrogen-bond donors (Lipinski definition) is 5. The van der Waals surface area contributed by atoms with Crippen LogP contribution in [-0.4, -0.2) is 103 Å². The van der Waals surface area contributed by atoms with Crippen LogP contribution in [0.25, 0.3) is 5.69 Å². The van der Waals surface area contributed by atoms with Gasteiger partial charge in [-0.2, -0.15) is 4.68 Å². The van der Waals surface area contributed by atoms with Gasteiger partial charge in [0.15, 0.2) is 0 Å². The van der Waals surface area contributed by atoms with Crippen LogP contribution in [0.5, 0.6) is 0 Å². The molecule has 2 fully saturated rings. The molecule has 17 heteroatoms. The number of rotatable bonds is 10. The highest BCUT2D eigenvalue weighted by molar-refractivity contribution is 6.40. The summed E-state index contributed by atoms with van der Waals surface area (Å²) < 4.78 is 1.26. The quantitative estimate of drug-likeness (QED) is 0.149. The monoisotopic (exact) mass is 729 g/mol. The van der Waals surface area contributed by atoms with Gasteiger partial charge in [-0.05, 0) is 84.1 Å². The summed E-state index contributed by atoms with van der Waals surface area (Å²) in [7, 11) is 0. The first-order chi connectivity index (χ1) is 25.0. The van der Waals surface area contributed by atoms with Gasteiger partial charge in [0.25, 0.3) is 0 Å². The van der Waals surface area contributed by atoms with E-state index in [4.69, 9.17) is 11.6 Å². The van der Waals surface area contributed by atoms with Gasteiger partial charge in [0.2, 0.25) is 11.8 Å². The largest absolute Gasteiger partial charge is 0.478 e. The lowest BCUT2D eigenvalue weighted by Gasteiger charge is -2.41. The molecule has 2 heterocycles. The Morgan fingerprint density at radius 3 is 2.35 bits per heavy atom. The van der Waals surface area contributed by atoms with Crippen molar-refractivity contribution in [2.24, 2.45) is 0 Å². The predicted molar refractivity (Wildman–Crippen MR) is 189 cm³/mol. The van der Waals surface area contributed by atoms with Crippen molar-refractivity contribution in [1.29, 1.82) is 0 Å². The van der Waals surface area contributed by atoms with Crippen molar-refractivity contribution in [3.8, 4) is 5.69 Å². The lowest BCUT2D eigenvalue weighted by Crippen LogP contribution is -2.54. The SMILES string of the molecule is O=C(Nc1cc(Cl)ccc1-n1cnnn1)C(=O)NC(Cc1ccc(N2CCN(C3CCC(O)CC3)CC2=O)cc1)C(=O)Nc1ccccc1C(=O)O. The van der Waals surface area contributed by atoms with Crippen molar-refractivity contribution in [2.75, 3.05) is 35.2 Å². The van der Waals surface area contributed by atoms with Crippen molar-refractivity contribution < 1.29 is 34.2 Å². The van der Waals surface area contributed by atoms with Crippen LogP contribution in [-0.2, 0) is 25.6 Å². The van der Waals surface area contributed by atoms with E-state index in [1.165, 1.54) is 35.3 Å². The Morgan fingerprint density at radius 1 is 0.904 bits per heavy atom. The molecule has 4 aromatic rings. The number of aliphatic hydroxyl groups excluding tert-OH is 1. The van der Waals surface area contributed by atoms with E-state index in [0.29, 0.717) is 30.0 Å². The summed E-state index contributed by atoms with van der Waals surface area (Å²) in [5.74, 6) is -4.34. The number of piperazine rings is 1. The average Bonchev–Trinajstić information content (AvgIpc) is 3.67. The number of carboxylic acid groups (broad SMARTS) is 1. The van der Waals surface area contributed by atoms with Gasteiger partial charge in [-0.1, -0.05) is 35.9 Å². The predicted octanol–water partition coefficient (Wildman–Crippen LogP) is 2.27. The van der Waals surface area contributed by atoms with Crippen LogP contribution in [0, 0.1) is 0 Å². The van der Waals surface area contributed by atoms with Crippen molar-refractivity contribution in [1.82, 2.24) is 30.4 Å². The number of amides is 4. The van der Waals surface area contributed by atoms with E-state index in [0.717, 1.165) is 25.7 Å². The molecule has 2 aliphatic rings. The second kappa shape index (κ2) is 16.1. The maximum atomic E-state index is 13.6. The number of carbonyl (C=O) groups excluding carboxylic acids is 4. The maximum Gasteiger partial charge on any atom is 0.337 e. The van der Waals surface area contributed by atoms with Crippen LogP contribution in [0.4, 0.5) is 17.1 Å². The van der Waals surface area contributed by atoms with Crippen molar-refractivity contribution >= 4 is 58.3 Å². The zero-order valence-electron chi connectivity index (χ0n) is 27.8. The number of benzene rings is 3. The van der Waals surface area contributed by atoms with Crippen molar-refractivity contribution in [3.05, 3.63) is 89.2 Å². The number of hydrogen-bond acceptors (Lipinski definition) is 10. The molecule has 1 unspecified atom stereocenters. The van der Waals surface area contributed by atoms with Gasteiger partial charge in [0.05, 0.1) is 35.3 Å². The van der Waals surface area contributed by atoms with E-state index in [1.807, 2.05) is 0 Å². The third-order valence-corrected chi connectivity index (χ3v) is 9.40. The summed E-state index contributed by atoms with van der Waals surface area (Å²) >= 11 is 6.14. The highest BCUT2D eigenvalue weighted by Crippen LogP contribution is 2.27. The van der Waals surface area contributed by atoms with Gasteiger partial charge in [0.1, 0.15) is 12.4 Å². The molecule has 1 aromatic heterocycles. The zero-order valence-corrected chi connectivity index (χ0v) is 28.6. The standard InChI is InChI=1S/C35H36ClN9O7/c36-22-7-14-30(45-20-37-41-42-45)28(18-22)39-33(49)34(50)40-29(32(48)38-27-4-2-1-3-26(27)35(51)52)17-21-5-8-24(9-6-21)44-16-15-43(19-31(44)47)23-10-12-25(46)13-11-23/h1-9,14,18,20,23,25,29,46H,10-13,15-17,19H2,(H,38,48)(H,39,49)(H,40,50)(H,51,52). The third kappa shape index (κ3) is 8.59. The summed E-state index contributed by atoms with van der Waals surface area (Å²) in [5.41, 5.74) is 1.56. The molecule has 0 radical (unpaired) electrons. The Balaban J connectivity index is 1.16. The second-order valence-corrected chi connectivity index (χ2v) is 13.0. The summed E-state index contributed by atoms with van der Waals surface area (Å²) in [4.78, 5) is 68.9. The normalized spacial score (nSPS) is 18.3. The number of nitrogens with zero attached hydrogens (tertiary/aromatic N) is 6. The molecule has 5 N–H and O–H groups in total. The second-order valence-electron chi connectivity index (χ2n) is 12.6. The minimum Gasteiger partial charge on any atom is -0.478 e. The molecular weight excluding hydrogens is 694 g/mol. The molecule has 1 saturated heterocycles. The number of carbonyl (C=O) groups is 5. The number of anilines is 3. The third-order valence-electron chi connectivity index (χ3n) is 9.17. The Bertz CT molecular complexity index is 1950. The number of nitrogens with one attached hydrogen (secondary N) is 3. The van der Waals surface area contributed by atoms with Crippen LogP contribution in [0.1, 0.15) is 41.6 Å². The molecular formula is C35H36ClN9O7. The van der Waals surface area contributed by atoms with E-state index in [1.54, 1.807) is 47.4 Å². The molecule has 16 nitrogen and oxygen atoms in total. The fourth-order valence-electron chi connectivity index (χ4n) is 6.44. The van der Waals surface area contributed by atoms with Gasteiger partial charge in [-0.15, -0.1) is 5.10 Å². The van der Waals surface area contributed by atoms with Crippen LogP contribution in [0.2, 0.25) is 5.02 Å². The molecule has 1 aliphatic carbocycles. The van der Waals surface area contributed by atoms with Crippen LogP contribution < -0.4 is 20.9 Å². The molecule has 4 amide bonds. The molecule has 3 aromatic carbocycles. The maximum absolute atomic E-state index is 13.6. The van der Waals surface area contributed by atoms with Crippen LogP contribution >= 0.6 is 11.6 Å². The molecule has 0 spiro atoms. The Morgan fingerprint density at radius 2 is 1.65 bits per heavy atom. The first-order valence-corrected chi connectivity index (χ1v) is 17.0. The molecule has 52 heavy (non-hydrogen) atoms. The number of para-hydroxylation sites is 1. The number of aliphatic hydroxyl groups is 1. The molecule has 1 aliphatic heterocycles. The number of tetrazole rings is 1. The van der Waals surface area contributed by atoms with Crippen molar-refractivity contribution in [2.45, 2.75) is 50.3 Å². The van der Waals surface area contributed by atoms with Gasteiger partial charge >= 0.3 is 17.8 Å². The first-order valence-electron chi connectivity index (χ1n) is 16.6. The van der Waals surface area contributed by atoms with Gasteiger partial charge in [-0.3, -0.25) is 24.1 Å². The molecule has 6 rings (SSSR count). The lowest BCUT2D eigenvalue weighted by molar-refractivity contribution is -0.137. The Labute approximate surface area is 302 Å². The average molecular weight is 730 g/mol. The van der Waals surface area contributed by atoms with E-state index >= 15 is 0 Å². The van der Waals surface area contributed by atoms with Crippen molar-refractivity contribution in [3.63, 3.8) is 0 Å². The van der Waals surface area contributed by atoms with E-state index in [2.05, 4.69) is 36.4 Å². The summed E-state index contributed by atoms with van der Waals surface area (Å²) in [6.07, 6.45) is 4.14. The van der Waals surface area contributed by atoms with Gasteiger partial charge in [-0.25, -0.2) is 4.79 Å². The number of halogens is 1. The fraction of sp³-hybridized carbons (Fsp3) is 0.314. The summed E-state index contributed by atoms with van der Waals surface area (Å²) in [6, 6.07) is 16.2. The number of aromatic nitrogens is 4. The molecule has 1 atom stereocenters. The number of carboxylic acids is 1. The molecule has 270 valence electrons. The minimum atomic E-state index is -1.33.